The Hall–Kier alpha value is -1.19. The van der Waals surface area contributed by atoms with Crippen LogP contribution in [0.4, 0.5) is 0 Å². The molecule has 1 N–H and O–H groups in total. The number of nitrogens with one attached hydrogen (secondary N) is 1. The second-order valence-electron chi connectivity index (χ2n) is 5.41. The van der Waals surface area contributed by atoms with Gasteiger partial charge < -0.3 is 5.32 Å². The molecular weight excluding hydrogens is 252 g/mol. The van der Waals surface area contributed by atoms with Crippen molar-refractivity contribution in [3.8, 4) is 0 Å². The van der Waals surface area contributed by atoms with Crippen molar-refractivity contribution in [3.63, 3.8) is 0 Å². The summed E-state index contributed by atoms with van der Waals surface area (Å²) < 4.78 is 0. The summed E-state index contributed by atoms with van der Waals surface area (Å²) in [6.07, 6.45) is 6.97. The van der Waals surface area contributed by atoms with E-state index in [4.69, 9.17) is 0 Å². The van der Waals surface area contributed by atoms with Gasteiger partial charge in [0.25, 0.3) is 0 Å². The number of nitrogens with zero attached hydrogens (tertiary/aromatic N) is 1. The third-order valence-corrected chi connectivity index (χ3v) is 5.15. The van der Waals surface area contributed by atoms with Crippen molar-refractivity contribution in [2.24, 2.45) is 0 Å². The Balaban J connectivity index is 1.78. The van der Waals surface area contributed by atoms with Crippen LogP contribution in [0.2, 0.25) is 0 Å². The van der Waals surface area contributed by atoms with Crippen molar-refractivity contribution in [2.45, 2.75) is 44.7 Å². The average molecular weight is 272 g/mol. The van der Waals surface area contributed by atoms with Crippen molar-refractivity contribution >= 4 is 11.3 Å². The Morgan fingerprint density at radius 3 is 2.74 bits per heavy atom. The molecule has 0 aliphatic heterocycles. The maximum atomic E-state index is 4.56. The van der Waals surface area contributed by atoms with E-state index in [1.165, 1.54) is 41.8 Å². The number of aromatic nitrogens is 1. The maximum Gasteiger partial charge on any atom is 0.113 e. The quantitative estimate of drug-likeness (QED) is 0.909. The van der Waals surface area contributed by atoms with Gasteiger partial charge >= 0.3 is 0 Å². The molecule has 1 fully saturated rings. The molecule has 0 unspecified atom stereocenters. The summed E-state index contributed by atoms with van der Waals surface area (Å²) in [5.74, 6) is 0. The van der Waals surface area contributed by atoms with E-state index < -0.39 is 0 Å². The second-order valence-corrected chi connectivity index (χ2v) is 6.30. The highest BCUT2D eigenvalue weighted by Gasteiger charge is 2.37. The van der Waals surface area contributed by atoms with Gasteiger partial charge in [0.1, 0.15) is 5.01 Å². The minimum absolute atomic E-state index is 0.121. The number of hydrogen-bond acceptors (Lipinski definition) is 3. The standard InChI is InChI=1S/C16H20N2S/c1-13-6-2-3-7-14(13)12-18-16(8-4-5-9-16)15-17-10-11-19-15/h2-3,6-7,10-11,18H,4-5,8-9,12H2,1H3. The van der Waals surface area contributed by atoms with Crippen molar-refractivity contribution in [3.05, 3.63) is 52.0 Å². The number of hydrogen-bond donors (Lipinski definition) is 1. The smallest absolute Gasteiger partial charge is 0.113 e. The Morgan fingerprint density at radius 2 is 2.05 bits per heavy atom. The highest BCUT2D eigenvalue weighted by atomic mass is 32.1. The minimum Gasteiger partial charge on any atom is -0.301 e. The molecular formula is C16H20N2S. The van der Waals surface area contributed by atoms with Gasteiger partial charge in [-0.1, -0.05) is 37.1 Å². The van der Waals surface area contributed by atoms with Gasteiger partial charge in [-0.15, -0.1) is 11.3 Å². The lowest BCUT2D eigenvalue weighted by Crippen LogP contribution is -2.39. The molecule has 0 amide bonds. The molecule has 1 aromatic heterocycles. The molecule has 1 aliphatic rings. The normalized spacial score (nSPS) is 17.7. The summed E-state index contributed by atoms with van der Waals surface area (Å²) in [5, 5.41) is 7.15. The number of thiazole rings is 1. The molecule has 2 nitrogen and oxygen atoms in total. The Kier molecular flexibility index (Phi) is 3.67. The minimum atomic E-state index is 0.121. The Labute approximate surface area is 118 Å². The van der Waals surface area contributed by atoms with Crippen LogP contribution in [0.3, 0.4) is 0 Å². The fourth-order valence-corrected chi connectivity index (χ4v) is 3.85. The monoisotopic (exact) mass is 272 g/mol. The van der Waals surface area contributed by atoms with Crippen molar-refractivity contribution < 1.29 is 0 Å². The highest BCUT2D eigenvalue weighted by molar-refractivity contribution is 7.09. The molecule has 1 aromatic carbocycles. The van der Waals surface area contributed by atoms with Gasteiger partial charge in [0.15, 0.2) is 0 Å². The fourth-order valence-electron chi connectivity index (χ4n) is 2.98. The lowest BCUT2D eigenvalue weighted by atomic mass is 9.97. The first-order chi connectivity index (χ1) is 9.30. The van der Waals surface area contributed by atoms with Crippen LogP contribution in [-0.4, -0.2) is 4.98 Å². The van der Waals surface area contributed by atoms with Crippen molar-refractivity contribution in [1.82, 2.24) is 10.3 Å². The Morgan fingerprint density at radius 1 is 1.26 bits per heavy atom. The summed E-state index contributed by atoms with van der Waals surface area (Å²) in [6.45, 7) is 3.12. The molecule has 0 bridgehead atoms. The summed E-state index contributed by atoms with van der Waals surface area (Å²) in [6, 6.07) is 8.62. The molecule has 100 valence electrons. The van der Waals surface area contributed by atoms with Crippen LogP contribution >= 0.6 is 11.3 Å². The first kappa shape index (κ1) is 12.8. The summed E-state index contributed by atoms with van der Waals surface area (Å²) in [4.78, 5) is 4.56. The third-order valence-electron chi connectivity index (χ3n) is 4.18. The molecule has 3 rings (SSSR count). The van der Waals surface area contributed by atoms with Gasteiger partial charge in [0.05, 0.1) is 5.54 Å². The van der Waals surface area contributed by atoms with Gasteiger partial charge in [-0.3, -0.25) is 0 Å². The van der Waals surface area contributed by atoms with Crippen LogP contribution in [-0.2, 0) is 12.1 Å². The molecule has 1 aliphatic carbocycles. The van der Waals surface area contributed by atoms with Gasteiger partial charge in [-0.25, -0.2) is 4.98 Å². The van der Waals surface area contributed by atoms with E-state index in [1.807, 2.05) is 6.20 Å². The van der Waals surface area contributed by atoms with E-state index in [1.54, 1.807) is 11.3 Å². The molecule has 1 saturated carbocycles. The lowest BCUT2D eigenvalue weighted by molar-refractivity contribution is 0.337. The summed E-state index contributed by atoms with van der Waals surface area (Å²) in [5.41, 5.74) is 2.88. The SMILES string of the molecule is Cc1ccccc1CNC1(c2nccs2)CCCC1. The number of rotatable bonds is 4. The molecule has 1 heterocycles. The topological polar surface area (TPSA) is 24.9 Å². The van der Waals surface area contributed by atoms with E-state index >= 15 is 0 Å². The maximum absolute atomic E-state index is 4.56. The van der Waals surface area contributed by atoms with E-state index in [0.29, 0.717) is 0 Å². The van der Waals surface area contributed by atoms with Crippen molar-refractivity contribution in [1.29, 1.82) is 0 Å². The van der Waals surface area contributed by atoms with E-state index in [-0.39, 0.29) is 5.54 Å². The molecule has 0 spiro atoms. The predicted molar refractivity (Wildman–Crippen MR) is 80.3 cm³/mol. The van der Waals surface area contributed by atoms with E-state index in [0.717, 1.165) is 6.54 Å². The van der Waals surface area contributed by atoms with Crippen LogP contribution in [0, 0.1) is 6.92 Å². The summed E-state index contributed by atoms with van der Waals surface area (Å²) >= 11 is 1.78. The first-order valence-corrected chi connectivity index (χ1v) is 7.88. The molecule has 0 saturated heterocycles. The van der Waals surface area contributed by atoms with E-state index in [2.05, 4.69) is 46.9 Å². The summed E-state index contributed by atoms with van der Waals surface area (Å²) in [7, 11) is 0. The predicted octanol–water partition coefficient (Wildman–Crippen LogP) is 4.01. The number of aryl methyl sites for hydroxylation is 1. The number of benzene rings is 1. The van der Waals surface area contributed by atoms with E-state index in [9.17, 15) is 0 Å². The molecule has 0 radical (unpaired) electrons. The van der Waals surface area contributed by atoms with Crippen LogP contribution in [0.15, 0.2) is 35.8 Å². The zero-order chi connectivity index (χ0) is 13.1. The zero-order valence-electron chi connectivity index (χ0n) is 11.4. The fraction of sp³-hybridized carbons (Fsp3) is 0.438. The van der Waals surface area contributed by atoms with Gasteiger partial charge in [-0.2, -0.15) is 0 Å². The Bertz CT molecular complexity index is 527. The molecule has 3 heteroatoms. The largest absolute Gasteiger partial charge is 0.301 e. The van der Waals surface area contributed by atoms with Gasteiger partial charge in [0, 0.05) is 18.1 Å². The third kappa shape index (κ3) is 2.58. The van der Waals surface area contributed by atoms with Crippen LogP contribution in [0.5, 0.6) is 0 Å². The molecule has 2 aromatic rings. The van der Waals surface area contributed by atoms with Crippen LogP contribution in [0.1, 0.15) is 41.8 Å². The van der Waals surface area contributed by atoms with Gasteiger partial charge in [-0.05, 0) is 30.9 Å². The molecule has 19 heavy (non-hydrogen) atoms. The zero-order valence-corrected chi connectivity index (χ0v) is 12.2. The van der Waals surface area contributed by atoms with Crippen molar-refractivity contribution in [2.75, 3.05) is 0 Å². The highest BCUT2D eigenvalue weighted by Crippen LogP contribution is 2.39. The molecule has 0 atom stereocenters. The first-order valence-electron chi connectivity index (χ1n) is 7.00. The van der Waals surface area contributed by atoms with Crippen LogP contribution in [0.25, 0.3) is 0 Å². The van der Waals surface area contributed by atoms with Crippen LogP contribution < -0.4 is 5.32 Å². The second kappa shape index (κ2) is 5.43. The average Bonchev–Trinajstić information content (AvgIpc) is 3.10. The van der Waals surface area contributed by atoms with Gasteiger partial charge in [0.2, 0.25) is 0 Å². The lowest BCUT2D eigenvalue weighted by Gasteiger charge is -2.28.